The molecule has 1 aromatic carbocycles. The monoisotopic (exact) mass is 427 g/mol. The molecule has 1 aromatic rings. The molecule has 2 saturated carbocycles. The summed E-state index contributed by atoms with van der Waals surface area (Å²) < 4.78 is 0. The summed E-state index contributed by atoms with van der Waals surface area (Å²) in [5, 5.41) is 0. The van der Waals surface area contributed by atoms with Crippen LogP contribution in [0.25, 0.3) is 5.57 Å². The quantitative estimate of drug-likeness (QED) is 0.426. The van der Waals surface area contributed by atoms with E-state index in [4.69, 9.17) is 0 Å². The summed E-state index contributed by atoms with van der Waals surface area (Å²) in [4.78, 5) is 2.58. The molecule has 0 spiro atoms. The summed E-state index contributed by atoms with van der Waals surface area (Å²) in [6.45, 7) is 18.3. The van der Waals surface area contributed by atoms with Crippen LogP contribution in [0.1, 0.15) is 87.5 Å². The average Bonchev–Trinajstić information content (AvgIpc) is 3.62. The van der Waals surface area contributed by atoms with Crippen LogP contribution in [0.2, 0.25) is 0 Å². The molecule has 32 heavy (non-hydrogen) atoms. The molecule has 3 aliphatic carbocycles. The highest BCUT2D eigenvalue weighted by Gasteiger charge is 2.36. The van der Waals surface area contributed by atoms with E-state index in [2.05, 4.69) is 64.1 Å². The number of nitrogens with zero attached hydrogens (tertiary/aromatic N) is 1. The Hall–Kier alpha value is -2.02. The van der Waals surface area contributed by atoms with Crippen molar-refractivity contribution in [3.8, 4) is 0 Å². The van der Waals surface area contributed by atoms with Crippen LogP contribution in [0.3, 0.4) is 0 Å². The van der Waals surface area contributed by atoms with E-state index in [1.807, 2.05) is 0 Å². The second-order valence-electron chi connectivity index (χ2n) is 11.1. The van der Waals surface area contributed by atoms with Gasteiger partial charge in [0.1, 0.15) is 0 Å². The fourth-order valence-corrected chi connectivity index (χ4v) is 6.78. The van der Waals surface area contributed by atoms with Crippen molar-refractivity contribution >= 4 is 11.3 Å². The second kappa shape index (κ2) is 8.40. The zero-order chi connectivity index (χ0) is 22.6. The first-order valence-corrected chi connectivity index (χ1v) is 13.1. The van der Waals surface area contributed by atoms with Gasteiger partial charge in [0, 0.05) is 23.4 Å². The van der Waals surface area contributed by atoms with E-state index in [1.54, 1.807) is 11.1 Å². The molecule has 3 atom stereocenters. The van der Waals surface area contributed by atoms with Gasteiger partial charge in [0.25, 0.3) is 0 Å². The highest BCUT2D eigenvalue weighted by molar-refractivity contribution is 5.94. The summed E-state index contributed by atoms with van der Waals surface area (Å²) >= 11 is 0. The lowest BCUT2D eigenvalue weighted by Crippen LogP contribution is -2.29. The van der Waals surface area contributed by atoms with Gasteiger partial charge in [-0.2, -0.15) is 0 Å². The molecule has 1 heteroatoms. The van der Waals surface area contributed by atoms with Gasteiger partial charge in [-0.1, -0.05) is 51.5 Å². The molecule has 3 unspecified atom stereocenters. The number of hydrogen-bond acceptors (Lipinski definition) is 1. The van der Waals surface area contributed by atoms with Crippen LogP contribution in [0.4, 0.5) is 5.69 Å². The molecule has 5 rings (SSSR count). The molecule has 0 bridgehead atoms. The summed E-state index contributed by atoms with van der Waals surface area (Å²) in [6.07, 6.45) is 16.6. The predicted octanol–water partition coefficient (Wildman–Crippen LogP) is 8.46. The molecule has 0 saturated heterocycles. The van der Waals surface area contributed by atoms with Crippen molar-refractivity contribution in [3.05, 3.63) is 70.5 Å². The van der Waals surface area contributed by atoms with Crippen molar-refractivity contribution < 1.29 is 0 Å². The van der Waals surface area contributed by atoms with E-state index in [-0.39, 0.29) is 0 Å². The molecule has 0 radical (unpaired) electrons. The minimum absolute atomic E-state index is 0.647. The molecule has 0 amide bonds. The van der Waals surface area contributed by atoms with Crippen LogP contribution >= 0.6 is 0 Å². The summed E-state index contributed by atoms with van der Waals surface area (Å²) in [5.74, 6) is 2.77. The third kappa shape index (κ3) is 3.72. The van der Waals surface area contributed by atoms with Gasteiger partial charge >= 0.3 is 0 Å². The molecular weight excluding hydrogens is 386 g/mol. The van der Waals surface area contributed by atoms with Gasteiger partial charge in [-0.25, -0.2) is 0 Å². The number of aryl methyl sites for hydroxylation is 1. The fourth-order valence-electron chi connectivity index (χ4n) is 6.78. The van der Waals surface area contributed by atoms with Crippen LogP contribution in [0.15, 0.2) is 48.2 Å². The Kier molecular flexibility index (Phi) is 5.72. The third-order valence-corrected chi connectivity index (χ3v) is 9.00. The largest absolute Gasteiger partial charge is 0.344 e. The molecule has 1 aliphatic heterocycles. The zero-order valence-electron chi connectivity index (χ0n) is 20.8. The minimum Gasteiger partial charge on any atom is -0.344 e. The Labute approximate surface area is 196 Å². The highest BCUT2D eigenvalue weighted by atomic mass is 15.2. The van der Waals surface area contributed by atoms with Crippen LogP contribution in [-0.4, -0.2) is 6.04 Å². The Morgan fingerprint density at radius 3 is 2.66 bits per heavy atom. The van der Waals surface area contributed by atoms with Gasteiger partial charge in [0.05, 0.1) is 5.69 Å². The first-order valence-electron chi connectivity index (χ1n) is 13.1. The smallest absolute Gasteiger partial charge is 0.0521 e. The normalized spacial score (nSPS) is 27.4. The van der Waals surface area contributed by atoms with Gasteiger partial charge in [-0.15, -0.1) is 0 Å². The van der Waals surface area contributed by atoms with E-state index in [0.29, 0.717) is 6.04 Å². The van der Waals surface area contributed by atoms with Gasteiger partial charge in [-0.3, -0.25) is 0 Å². The maximum Gasteiger partial charge on any atom is 0.0521 e. The Bertz CT molecular complexity index is 1020. The van der Waals surface area contributed by atoms with E-state index in [0.717, 1.165) is 36.2 Å². The van der Waals surface area contributed by atoms with Crippen LogP contribution in [-0.2, 0) is 6.42 Å². The van der Waals surface area contributed by atoms with Gasteiger partial charge < -0.3 is 4.90 Å². The fraction of sp³-hybridized carbons (Fsp3) is 0.548. The summed E-state index contributed by atoms with van der Waals surface area (Å²) in [7, 11) is 0. The number of fused-ring (bicyclic) bond motifs is 2. The maximum atomic E-state index is 4.53. The predicted molar refractivity (Wildman–Crippen MR) is 139 cm³/mol. The Morgan fingerprint density at radius 2 is 1.94 bits per heavy atom. The van der Waals surface area contributed by atoms with Crippen molar-refractivity contribution in [2.75, 3.05) is 4.90 Å². The lowest BCUT2D eigenvalue weighted by atomic mass is 9.66. The topological polar surface area (TPSA) is 3.24 Å². The van der Waals surface area contributed by atoms with E-state index in [9.17, 15) is 0 Å². The molecule has 2 fully saturated rings. The maximum absolute atomic E-state index is 4.53. The number of rotatable bonds is 5. The molecule has 1 nitrogen and oxygen atoms in total. The van der Waals surface area contributed by atoms with E-state index >= 15 is 0 Å². The van der Waals surface area contributed by atoms with Crippen molar-refractivity contribution in [1.82, 2.24) is 0 Å². The molecule has 0 N–H and O–H groups in total. The minimum atomic E-state index is 0.647. The number of allylic oxidation sites excluding steroid dienone is 5. The Morgan fingerprint density at radius 1 is 1.16 bits per heavy atom. The zero-order valence-corrected chi connectivity index (χ0v) is 20.8. The van der Waals surface area contributed by atoms with Crippen LogP contribution in [0, 0.1) is 31.6 Å². The number of hydrogen-bond donors (Lipinski definition) is 0. The van der Waals surface area contributed by atoms with Crippen molar-refractivity contribution in [2.45, 2.75) is 91.5 Å². The summed E-state index contributed by atoms with van der Waals surface area (Å²) in [5.41, 5.74) is 12.5. The van der Waals surface area contributed by atoms with Crippen molar-refractivity contribution in [2.24, 2.45) is 17.8 Å². The van der Waals surface area contributed by atoms with E-state index < -0.39 is 0 Å². The standard InChI is InChI=1S/C31H41N/c1-7-19(2)30-18-32(26-12-13-26)31-23(6)28(21(4)15-29(31)22(30)5)17-24-11-14-27-20(3)9-8-10-25(27)16-24/h11,15,18,20,25-27H,2,5,7-10,12-14,16-17H2,1,3-4,6H3. The lowest BCUT2D eigenvalue weighted by Gasteiger charge is -2.40. The van der Waals surface area contributed by atoms with Gasteiger partial charge in [0.15, 0.2) is 0 Å². The molecule has 0 aromatic heterocycles. The average molecular weight is 428 g/mol. The Balaban J connectivity index is 1.49. The molecule has 170 valence electrons. The van der Waals surface area contributed by atoms with Crippen molar-refractivity contribution in [1.29, 1.82) is 0 Å². The van der Waals surface area contributed by atoms with Crippen LogP contribution < -0.4 is 4.90 Å². The molecule has 1 heterocycles. The van der Waals surface area contributed by atoms with E-state index in [1.165, 1.54) is 78.5 Å². The first-order chi connectivity index (χ1) is 15.4. The van der Waals surface area contributed by atoms with Crippen molar-refractivity contribution in [3.63, 3.8) is 0 Å². The SMILES string of the molecule is C=C(CC)C1=CN(C2CC2)c2c(cc(C)c(CC3=CCC4C(C)CCCC4C3)c2C)C1=C. The number of anilines is 1. The number of benzene rings is 1. The van der Waals surface area contributed by atoms with Gasteiger partial charge in [0.2, 0.25) is 0 Å². The molecular formula is C31H41N. The van der Waals surface area contributed by atoms with Crippen LogP contribution in [0.5, 0.6) is 0 Å². The summed E-state index contributed by atoms with van der Waals surface area (Å²) in [6, 6.07) is 3.08. The first kappa shape index (κ1) is 21.8. The van der Waals surface area contributed by atoms with Gasteiger partial charge in [-0.05, 0) is 110 Å². The second-order valence-corrected chi connectivity index (χ2v) is 11.1. The molecule has 4 aliphatic rings. The lowest BCUT2D eigenvalue weighted by molar-refractivity contribution is 0.156. The highest BCUT2D eigenvalue weighted by Crippen LogP contribution is 2.48. The third-order valence-electron chi connectivity index (χ3n) is 9.00.